The molecule has 0 amide bonds. The molecule has 0 spiro atoms. The molecule has 1 atom stereocenters. The van der Waals surface area contributed by atoms with Gasteiger partial charge in [0.05, 0.1) is 10.7 Å². The molecule has 2 rings (SSSR count). The molecule has 0 aromatic carbocycles. The number of nitrogens with one attached hydrogen (secondary N) is 2. The van der Waals surface area contributed by atoms with Gasteiger partial charge in [-0.15, -0.1) is 22.7 Å². The third-order valence-corrected chi connectivity index (χ3v) is 5.71. The quantitative estimate of drug-likeness (QED) is 0.628. The summed E-state index contributed by atoms with van der Waals surface area (Å²) in [5, 5.41) is 10.0. The van der Waals surface area contributed by atoms with Gasteiger partial charge >= 0.3 is 0 Å². The first-order valence-electron chi connectivity index (χ1n) is 7.51. The van der Waals surface area contributed by atoms with Crippen molar-refractivity contribution < 1.29 is 0 Å². The van der Waals surface area contributed by atoms with Crippen LogP contribution in [0.25, 0.3) is 0 Å². The van der Waals surface area contributed by atoms with E-state index in [2.05, 4.69) is 58.9 Å². The van der Waals surface area contributed by atoms with Gasteiger partial charge < -0.3 is 10.6 Å². The molecule has 0 aliphatic heterocycles. The molecule has 2 aromatic heterocycles. The number of hydrogen-bond donors (Lipinski definition) is 2. The molecule has 6 heteroatoms. The van der Waals surface area contributed by atoms with Crippen LogP contribution in [0.4, 0.5) is 0 Å². The minimum absolute atomic E-state index is 0.491. The lowest BCUT2D eigenvalue weighted by atomic mass is 10.1. The molecule has 0 radical (unpaired) electrons. The van der Waals surface area contributed by atoms with Crippen LogP contribution in [0.5, 0.6) is 0 Å². The van der Waals surface area contributed by atoms with Crippen molar-refractivity contribution in [2.24, 2.45) is 4.99 Å². The summed E-state index contributed by atoms with van der Waals surface area (Å²) in [6, 6.07) is 4.28. The van der Waals surface area contributed by atoms with Gasteiger partial charge in [-0.3, -0.25) is 4.99 Å². The maximum Gasteiger partial charge on any atom is 0.191 e. The van der Waals surface area contributed by atoms with Crippen LogP contribution in [-0.4, -0.2) is 31.1 Å². The molecule has 0 bridgehead atoms. The van der Waals surface area contributed by atoms with Gasteiger partial charge in [0.15, 0.2) is 5.96 Å². The van der Waals surface area contributed by atoms with Crippen LogP contribution < -0.4 is 10.6 Å². The molecule has 2 aromatic rings. The zero-order chi connectivity index (χ0) is 15.9. The summed E-state index contributed by atoms with van der Waals surface area (Å²) >= 11 is 3.58. The number of rotatable bonds is 6. The Balaban J connectivity index is 1.74. The number of thiophene rings is 1. The highest BCUT2D eigenvalue weighted by Gasteiger charge is 2.08. The predicted molar refractivity (Wildman–Crippen MR) is 97.4 cm³/mol. The van der Waals surface area contributed by atoms with Gasteiger partial charge in [0.25, 0.3) is 0 Å². The van der Waals surface area contributed by atoms with Crippen molar-refractivity contribution in [3.8, 4) is 0 Å². The summed E-state index contributed by atoms with van der Waals surface area (Å²) in [6.45, 7) is 8.12. The molecular formula is C16H24N4S2. The number of thiazole rings is 1. The van der Waals surface area contributed by atoms with E-state index in [1.165, 1.54) is 9.75 Å². The Morgan fingerprint density at radius 3 is 2.77 bits per heavy atom. The maximum absolute atomic E-state index is 4.46. The third-order valence-electron chi connectivity index (χ3n) is 3.47. The second kappa shape index (κ2) is 8.29. The molecule has 120 valence electrons. The molecule has 4 nitrogen and oxygen atoms in total. The first-order chi connectivity index (χ1) is 10.6. The van der Waals surface area contributed by atoms with Crippen molar-refractivity contribution in [1.82, 2.24) is 15.6 Å². The fourth-order valence-electron chi connectivity index (χ4n) is 2.24. The molecule has 0 aliphatic carbocycles. The van der Waals surface area contributed by atoms with Crippen LogP contribution in [0.1, 0.15) is 33.3 Å². The minimum atomic E-state index is 0.491. The molecular weight excluding hydrogens is 312 g/mol. The Morgan fingerprint density at radius 1 is 1.36 bits per heavy atom. The number of guanidine groups is 1. The molecule has 0 fully saturated rings. The predicted octanol–water partition coefficient (Wildman–Crippen LogP) is 3.33. The number of aromatic nitrogens is 1. The molecule has 1 unspecified atom stereocenters. The van der Waals surface area contributed by atoms with Crippen molar-refractivity contribution in [2.75, 3.05) is 20.1 Å². The highest BCUT2D eigenvalue weighted by atomic mass is 32.1. The fraction of sp³-hybridized carbons (Fsp3) is 0.500. The highest BCUT2D eigenvalue weighted by Crippen LogP contribution is 2.19. The Morgan fingerprint density at radius 2 is 2.18 bits per heavy atom. The molecule has 22 heavy (non-hydrogen) atoms. The lowest BCUT2D eigenvalue weighted by Gasteiger charge is -2.15. The average Bonchev–Trinajstić information content (AvgIpc) is 3.12. The van der Waals surface area contributed by atoms with Crippen LogP contribution in [-0.2, 0) is 6.42 Å². The number of aryl methyl sites for hydroxylation is 2. The van der Waals surface area contributed by atoms with Crippen molar-refractivity contribution in [3.63, 3.8) is 0 Å². The number of nitrogens with zero attached hydrogens (tertiary/aromatic N) is 2. The Kier molecular flexibility index (Phi) is 6.39. The van der Waals surface area contributed by atoms with Crippen LogP contribution >= 0.6 is 22.7 Å². The van der Waals surface area contributed by atoms with E-state index in [4.69, 9.17) is 0 Å². The molecule has 0 aliphatic rings. The summed E-state index contributed by atoms with van der Waals surface area (Å²) in [5.41, 5.74) is 1.15. The van der Waals surface area contributed by atoms with E-state index in [0.29, 0.717) is 5.92 Å². The topological polar surface area (TPSA) is 49.3 Å². The first-order valence-corrected chi connectivity index (χ1v) is 9.20. The normalized spacial score (nSPS) is 13.2. The zero-order valence-electron chi connectivity index (χ0n) is 13.6. The fourth-order valence-corrected chi connectivity index (χ4v) is 3.97. The Labute approximate surface area is 140 Å². The van der Waals surface area contributed by atoms with Gasteiger partial charge in [-0.1, -0.05) is 13.0 Å². The zero-order valence-corrected chi connectivity index (χ0v) is 15.3. The first kappa shape index (κ1) is 17.0. The van der Waals surface area contributed by atoms with E-state index in [0.717, 1.165) is 36.2 Å². The third kappa shape index (κ3) is 4.81. The van der Waals surface area contributed by atoms with Crippen molar-refractivity contribution >= 4 is 28.6 Å². The van der Waals surface area contributed by atoms with E-state index in [9.17, 15) is 0 Å². The second-order valence-electron chi connectivity index (χ2n) is 5.29. The van der Waals surface area contributed by atoms with E-state index in [1.54, 1.807) is 22.7 Å². The van der Waals surface area contributed by atoms with Crippen LogP contribution in [0.2, 0.25) is 0 Å². The standard InChI is InChI=1S/C16H24N4S2/c1-11(14-6-5-9-21-14)10-19-16(17-4)18-8-7-15-12(2)20-13(3)22-15/h5-6,9,11H,7-8,10H2,1-4H3,(H2,17,18,19). The van der Waals surface area contributed by atoms with Gasteiger partial charge in [-0.2, -0.15) is 0 Å². The van der Waals surface area contributed by atoms with E-state index in [-0.39, 0.29) is 0 Å². The molecule has 2 heterocycles. The van der Waals surface area contributed by atoms with Gasteiger partial charge in [0, 0.05) is 42.2 Å². The Hall–Kier alpha value is -1.40. The number of aliphatic imine (C=N–C) groups is 1. The van der Waals surface area contributed by atoms with Gasteiger partial charge in [0.2, 0.25) is 0 Å². The van der Waals surface area contributed by atoms with E-state index >= 15 is 0 Å². The number of hydrogen-bond acceptors (Lipinski definition) is 4. The van der Waals surface area contributed by atoms with Crippen molar-refractivity contribution in [2.45, 2.75) is 33.1 Å². The van der Waals surface area contributed by atoms with E-state index < -0.39 is 0 Å². The monoisotopic (exact) mass is 336 g/mol. The second-order valence-corrected chi connectivity index (χ2v) is 7.55. The lowest BCUT2D eigenvalue weighted by Crippen LogP contribution is -2.39. The SMILES string of the molecule is CN=C(NCCc1sc(C)nc1C)NCC(C)c1cccs1. The van der Waals surface area contributed by atoms with Gasteiger partial charge in [0.1, 0.15) is 0 Å². The van der Waals surface area contributed by atoms with Crippen LogP contribution in [0.3, 0.4) is 0 Å². The van der Waals surface area contributed by atoms with E-state index in [1.807, 2.05) is 7.05 Å². The largest absolute Gasteiger partial charge is 0.356 e. The van der Waals surface area contributed by atoms with Gasteiger partial charge in [-0.05, 0) is 25.3 Å². The molecule has 2 N–H and O–H groups in total. The average molecular weight is 337 g/mol. The molecule has 0 saturated carbocycles. The molecule has 0 saturated heterocycles. The Bertz CT molecular complexity index is 602. The minimum Gasteiger partial charge on any atom is -0.356 e. The summed E-state index contributed by atoms with van der Waals surface area (Å²) < 4.78 is 0. The van der Waals surface area contributed by atoms with Crippen molar-refractivity contribution in [1.29, 1.82) is 0 Å². The summed E-state index contributed by atoms with van der Waals surface area (Å²) in [5.74, 6) is 1.35. The summed E-state index contributed by atoms with van der Waals surface area (Å²) in [6.07, 6.45) is 0.985. The smallest absolute Gasteiger partial charge is 0.191 e. The van der Waals surface area contributed by atoms with Crippen molar-refractivity contribution in [3.05, 3.63) is 38.0 Å². The summed E-state index contributed by atoms with van der Waals surface area (Å²) in [4.78, 5) is 11.5. The highest BCUT2D eigenvalue weighted by molar-refractivity contribution is 7.11. The maximum atomic E-state index is 4.46. The summed E-state index contributed by atoms with van der Waals surface area (Å²) in [7, 11) is 1.81. The lowest BCUT2D eigenvalue weighted by molar-refractivity contribution is 0.707. The van der Waals surface area contributed by atoms with Crippen LogP contribution in [0, 0.1) is 13.8 Å². The van der Waals surface area contributed by atoms with Crippen LogP contribution in [0.15, 0.2) is 22.5 Å². The van der Waals surface area contributed by atoms with Gasteiger partial charge in [-0.25, -0.2) is 4.98 Å².